The summed E-state index contributed by atoms with van der Waals surface area (Å²) in [6, 6.07) is 0. The lowest BCUT2D eigenvalue weighted by molar-refractivity contribution is -0.160. The largest absolute Gasteiger partial charge is 0.375 e. The van der Waals surface area contributed by atoms with Gasteiger partial charge in [0.05, 0.1) is 5.60 Å². The first kappa shape index (κ1) is 11.7. The fourth-order valence-electron chi connectivity index (χ4n) is 3.69. The molecule has 3 nitrogen and oxygen atoms in total. The van der Waals surface area contributed by atoms with Gasteiger partial charge in [0.15, 0.2) is 0 Å². The summed E-state index contributed by atoms with van der Waals surface area (Å²) in [5, 5.41) is 3.33. The average Bonchev–Trinajstić information content (AvgIpc) is 2.75. The lowest BCUT2D eigenvalue weighted by Crippen LogP contribution is -2.49. The Hall–Kier alpha value is -0.410. The average molecular weight is 237 g/mol. The van der Waals surface area contributed by atoms with Crippen LogP contribution in [0, 0.1) is 11.3 Å². The normalized spacial score (nSPS) is 40.2. The van der Waals surface area contributed by atoms with Crippen molar-refractivity contribution in [2.24, 2.45) is 11.3 Å². The number of rotatable bonds is 2. The quantitative estimate of drug-likeness (QED) is 0.797. The summed E-state index contributed by atoms with van der Waals surface area (Å²) < 4.78 is 5.91. The van der Waals surface area contributed by atoms with Crippen LogP contribution in [0.25, 0.3) is 0 Å². The van der Waals surface area contributed by atoms with Crippen LogP contribution in [-0.2, 0) is 9.53 Å². The lowest BCUT2D eigenvalue weighted by atomic mass is 9.67. The van der Waals surface area contributed by atoms with Crippen molar-refractivity contribution in [1.82, 2.24) is 5.32 Å². The standard InChI is InChI=1S/C14H23NO2/c1-13(6-7-15-10-13)12(16)11-3-8-17-14(9-11)4-2-5-14/h11,15H,2-10H2,1H3. The Morgan fingerprint density at radius 3 is 2.76 bits per heavy atom. The molecule has 2 unspecified atom stereocenters. The molecular weight excluding hydrogens is 214 g/mol. The van der Waals surface area contributed by atoms with Gasteiger partial charge in [0.1, 0.15) is 5.78 Å². The van der Waals surface area contributed by atoms with E-state index in [1.54, 1.807) is 0 Å². The van der Waals surface area contributed by atoms with Crippen molar-refractivity contribution in [3.63, 3.8) is 0 Å². The van der Waals surface area contributed by atoms with Crippen LogP contribution >= 0.6 is 0 Å². The van der Waals surface area contributed by atoms with Crippen LogP contribution in [0.3, 0.4) is 0 Å². The smallest absolute Gasteiger partial charge is 0.143 e. The highest BCUT2D eigenvalue weighted by molar-refractivity contribution is 5.87. The van der Waals surface area contributed by atoms with Crippen molar-refractivity contribution in [3.8, 4) is 0 Å². The number of ketones is 1. The van der Waals surface area contributed by atoms with Gasteiger partial charge in [0.2, 0.25) is 0 Å². The van der Waals surface area contributed by atoms with Gasteiger partial charge in [-0.25, -0.2) is 0 Å². The first-order valence-electron chi connectivity index (χ1n) is 7.03. The SMILES string of the molecule is CC1(C(=O)C2CCOC3(CCC3)C2)CCNC1. The predicted octanol–water partition coefficient (Wildman–Crippen LogP) is 1.90. The van der Waals surface area contributed by atoms with E-state index in [1.165, 1.54) is 19.3 Å². The molecule has 0 amide bonds. The summed E-state index contributed by atoms with van der Waals surface area (Å²) in [4.78, 5) is 12.7. The Morgan fingerprint density at radius 2 is 2.18 bits per heavy atom. The number of hydrogen-bond donors (Lipinski definition) is 1. The van der Waals surface area contributed by atoms with Gasteiger partial charge < -0.3 is 10.1 Å². The highest BCUT2D eigenvalue weighted by Crippen LogP contribution is 2.46. The molecule has 3 heteroatoms. The summed E-state index contributed by atoms with van der Waals surface area (Å²) in [5.74, 6) is 0.756. The van der Waals surface area contributed by atoms with E-state index >= 15 is 0 Å². The fourth-order valence-corrected chi connectivity index (χ4v) is 3.69. The Balaban J connectivity index is 1.69. The van der Waals surface area contributed by atoms with Crippen LogP contribution in [0.2, 0.25) is 0 Å². The van der Waals surface area contributed by atoms with E-state index in [0.717, 1.165) is 39.0 Å². The molecule has 2 saturated heterocycles. The Kier molecular flexibility index (Phi) is 2.79. The van der Waals surface area contributed by atoms with Gasteiger partial charge in [-0.1, -0.05) is 6.92 Å². The van der Waals surface area contributed by atoms with Crippen molar-refractivity contribution >= 4 is 5.78 Å². The third kappa shape index (κ3) is 1.93. The first-order valence-corrected chi connectivity index (χ1v) is 7.03. The number of ether oxygens (including phenoxy) is 1. The van der Waals surface area contributed by atoms with E-state index in [2.05, 4.69) is 12.2 Å². The molecule has 1 N–H and O–H groups in total. The van der Waals surface area contributed by atoms with Crippen molar-refractivity contribution in [2.45, 2.75) is 51.0 Å². The molecule has 0 aromatic rings. The molecular formula is C14H23NO2. The van der Waals surface area contributed by atoms with Gasteiger partial charge in [-0.05, 0) is 45.1 Å². The minimum absolute atomic E-state index is 0.0982. The second-order valence-electron chi connectivity index (χ2n) is 6.43. The number of hydrogen-bond acceptors (Lipinski definition) is 3. The fraction of sp³-hybridized carbons (Fsp3) is 0.929. The number of Topliss-reactive ketones (excluding diaryl/α,β-unsaturated/α-hetero) is 1. The molecule has 2 atom stereocenters. The first-order chi connectivity index (χ1) is 8.14. The maximum atomic E-state index is 12.7. The van der Waals surface area contributed by atoms with Gasteiger partial charge in [0, 0.05) is 24.5 Å². The summed E-state index contributed by atoms with van der Waals surface area (Å²) in [5.41, 5.74) is -0.00604. The highest BCUT2D eigenvalue weighted by Gasteiger charge is 2.48. The van der Waals surface area contributed by atoms with Crippen LogP contribution in [0.4, 0.5) is 0 Å². The molecule has 1 spiro atoms. The molecule has 2 aliphatic heterocycles. The lowest BCUT2D eigenvalue weighted by Gasteiger charge is -2.47. The summed E-state index contributed by atoms with van der Waals surface area (Å²) >= 11 is 0. The van der Waals surface area contributed by atoms with Gasteiger partial charge in [0.25, 0.3) is 0 Å². The van der Waals surface area contributed by atoms with Crippen LogP contribution in [0.5, 0.6) is 0 Å². The molecule has 3 rings (SSSR count). The second-order valence-corrected chi connectivity index (χ2v) is 6.43. The van der Waals surface area contributed by atoms with E-state index in [1.807, 2.05) is 0 Å². The zero-order valence-electron chi connectivity index (χ0n) is 10.8. The van der Waals surface area contributed by atoms with Crippen molar-refractivity contribution in [2.75, 3.05) is 19.7 Å². The molecule has 0 radical (unpaired) electrons. The Morgan fingerprint density at radius 1 is 1.35 bits per heavy atom. The number of carbonyl (C=O) groups excluding carboxylic acids is 1. The minimum atomic E-state index is -0.104. The molecule has 0 bridgehead atoms. The van der Waals surface area contributed by atoms with E-state index in [9.17, 15) is 4.79 Å². The molecule has 0 aromatic carbocycles. The Bertz CT molecular complexity index is 316. The van der Waals surface area contributed by atoms with Gasteiger partial charge in [-0.15, -0.1) is 0 Å². The van der Waals surface area contributed by atoms with Crippen LogP contribution in [0.1, 0.15) is 45.4 Å². The summed E-state index contributed by atoms with van der Waals surface area (Å²) in [6.07, 6.45) is 6.56. The van der Waals surface area contributed by atoms with Crippen LogP contribution in [0.15, 0.2) is 0 Å². The maximum Gasteiger partial charge on any atom is 0.143 e. The third-order valence-electron chi connectivity index (χ3n) is 5.09. The summed E-state index contributed by atoms with van der Waals surface area (Å²) in [7, 11) is 0. The van der Waals surface area contributed by atoms with Crippen LogP contribution < -0.4 is 5.32 Å². The molecule has 1 aliphatic carbocycles. The van der Waals surface area contributed by atoms with Gasteiger partial charge >= 0.3 is 0 Å². The molecule has 3 fully saturated rings. The van der Waals surface area contributed by atoms with Crippen molar-refractivity contribution < 1.29 is 9.53 Å². The molecule has 0 aromatic heterocycles. The molecule has 17 heavy (non-hydrogen) atoms. The van der Waals surface area contributed by atoms with Crippen molar-refractivity contribution in [1.29, 1.82) is 0 Å². The Labute approximate surface area is 103 Å². The zero-order chi connectivity index (χ0) is 11.9. The zero-order valence-corrected chi connectivity index (χ0v) is 10.8. The van der Waals surface area contributed by atoms with E-state index < -0.39 is 0 Å². The summed E-state index contributed by atoms with van der Waals surface area (Å²) in [6.45, 7) is 4.80. The molecule has 1 saturated carbocycles. The van der Waals surface area contributed by atoms with E-state index in [-0.39, 0.29) is 16.9 Å². The number of nitrogens with one attached hydrogen (secondary N) is 1. The topological polar surface area (TPSA) is 38.3 Å². The van der Waals surface area contributed by atoms with Gasteiger partial charge in [-0.3, -0.25) is 4.79 Å². The minimum Gasteiger partial charge on any atom is -0.375 e. The predicted molar refractivity (Wildman–Crippen MR) is 65.9 cm³/mol. The van der Waals surface area contributed by atoms with E-state index in [0.29, 0.717) is 5.78 Å². The maximum absolute atomic E-state index is 12.7. The van der Waals surface area contributed by atoms with Crippen LogP contribution in [-0.4, -0.2) is 31.1 Å². The molecule has 3 aliphatic rings. The van der Waals surface area contributed by atoms with Crippen molar-refractivity contribution in [3.05, 3.63) is 0 Å². The van der Waals surface area contributed by atoms with E-state index in [4.69, 9.17) is 4.74 Å². The number of carbonyl (C=O) groups is 1. The highest BCUT2D eigenvalue weighted by atomic mass is 16.5. The molecule has 96 valence electrons. The monoisotopic (exact) mass is 237 g/mol. The van der Waals surface area contributed by atoms with Gasteiger partial charge in [-0.2, -0.15) is 0 Å². The molecule has 2 heterocycles. The third-order valence-corrected chi connectivity index (χ3v) is 5.09. The second kappa shape index (κ2) is 4.06.